The SMILES string of the molecule is Cl.NC1CC1c1ncc(-c2cccc(O)c2)s1. The van der Waals surface area contributed by atoms with Crippen molar-refractivity contribution in [1.82, 2.24) is 4.98 Å². The third-order valence-electron chi connectivity index (χ3n) is 2.81. The predicted octanol–water partition coefficient (Wildman–Crippen LogP) is 2.75. The lowest BCUT2D eigenvalue weighted by Crippen LogP contribution is -2.00. The summed E-state index contributed by atoms with van der Waals surface area (Å²) in [7, 11) is 0. The number of benzene rings is 1. The maximum Gasteiger partial charge on any atom is 0.116 e. The molecule has 0 spiro atoms. The van der Waals surface area contributed by atoms with Gasteiger partial charge < -0.3 is 10.8 Å². The second-order valence-electron chi connectivity index (χ2n) is 4.12. The monoisotopic (exact) mass is 268 g/mol. The van der Waals surface area contributed by atoms with E-state index in [-0.39, 0.29) is 18.2 Å². The van der Waals surface area contributed by atoms with Gasteiger partial charge in [0.25, 0.3) is 0 Å². The molecule has 2 atom stereocenters. The molecule has 1 saturated carbocycles. The first kappa shape index (κ1) is 12.4. The van der Waals surface area contributed by atoms with E-state index in [1.165, 1.54) is 0 Å². The van der Waals surface area contributed by atoms with Crippen molar-refractivity contribution in [2.24, 2.45) is 5.73 Å². The number of hydrogen-bond donors (Lipinski definition) is 2. The van der Waals surface area contributed by atoms with Gasteiger partial charge in [-0.3, -0.25) is 0 Å². The van der Waals surface area contributed by atoms with Crippen LogP contribution in [0.25, 0.3) is 10.4 Å². The normalized spacial score (nSPS) is 21.9. The summed E-state index contributed by atoms with van der Waals surface area (Å²) in [6.45, 7) is 0. The van der Waals surface area contributed by atoms with Crippen LogP contribution in [0.1, 0.15) is 17.3 Å². The van der Waals surface area contributed by atoms with Gasteiger partial charge in [-0.2, -0.15) is 0 Å². The molecule has 3 nitrogen and oxygen atoms in total. The van der Waals surface area contributed by atoms with Crippen LogP contribution >= 0.6 is 23.7 Å². The van der Waals surface area contributed by atoms with Gasteiger partial charge in [-0.25, -0.2) is 4.98 Å². The molecular weight excluding hydrogens is 256 g/mol. The van der Waals surface area contributed by atoms with Gasteiger partial charge in [-0.1, -0.05) is 12.1 Å². The van der Waals surface area contributed by atoms with Gasteiger partial charge in [0, 0.05) is 18.2 Å². The van der Waals surface area contributed by atoms with Gasteiger partial charge in [-0.15, -0.1) is 23.7 Å². The molecule has 2 unspecified atom stereocenters. The first-order chi connectivity index (χ1) is 7.74. The van der Waals surface area contributed by atoms with E-state index in [1.807, 2.05) is 18.3 Å². The highest BCUT2D eigenvalue weighted by molar-refractivity contribution is 7.15. The molecule has 3 rings (SSSR count). The van der Waals surface area contributed by atoms with Gasteiger partial charge >= 0.3 is 0 Å². The number of aromatic nitrogens is 1. The van der Waals surface area contributed by atoms with Crippen LogP contribution in [0, 0.1) is 0 Å². The highest BCUT2D eigenvalue weighted by atomic mass is 35.5. The number of hydrogen-bond acceptors (Lipinski definition) is 4. The number of nitrogens with two attached hydrogens (primary N) is 1. The number of rotatable bonds is 2. The smallest absolute Gasteiger partial charge is 0.116 e. The number of phenols is 1. The van der Waals surface area contributed by atoms with Crippen LogP contribution in [0.3, 0.4) is 0 Å². The summed E-state index contributed by atoms with van der Waals surface area (Å²) in [6, 6.07) is 7.53. The molecule has 0 radical (unpaired) electrons. The minimum Gasteiger partial charge on any atom is -0.508 e. The highest BCUT2D eigenvalue weighted by Crippen LogP contribution is 2.42. The maximum absolute atomic E-state index is 9.41. The van der Waals surface area contributed by atoms with E-state index in [0.717, 1.165) is 21.9 Å². The van der Waals surface area contributed by atoms with E-state index in [0.29, 0.717) is 12.0 Å². The first-order valence-corrected chi connectivity index (χ1v) is 6.06. The third kappa shape index (κ3) is 2.44. The maximum atomic E-state index is 9.41. The van der Waals surface area contributed by atoms with Crippen molar-refractivity contribution in [2.45, 2.75) is 18.4 Å². The van der Waals surface area contributed by atoms with Crippen molar-refractivity contribution in [1.29, 1.82) is 0 Å². The first-order valence-electron chi connectivity index (χ1n) is 5.25. The Morgan fingerprint density at radius 1 is 1.41 bits per heavy atom. The molecule has 2 aromatic rings. The standard InChI is InChI=1S/C12H12N2OS.ClH/c13-10-5-9(10)12-14-6-11(16-12)7-2-1-3-8(15)4-7;/h1-4,6,9-10,15H,5,13H2;1H. The van der Waals surface area contributed by atoms with Gasteiger partial charge in [-0.05, 0) is 24.1 Å². The molecule has 0 aliphatic heterocycles. The zero-order valence-electron chi connectivity index (χ0n) is 9.04. The van der Waals surface area contributed by atoms with E-state index in [9.17, 15) is 5.11 Å². The summed E-state index contributed by atoms with van der Waals surface area (Å²) < 4.78 is 0. The van der Waals surface area contributed by atoms with Crippen LogP contribution in [0.2, 0.25) is 0 Å². The van der Waals surface area contributed by atoms with Crippen LogP contribution in [-0.4, -0.2) is 16.1 Å². The van der Waals surface area contributed by atoms with E-state index >= 15 is 0 Å². The zero-order chi connectivity index (χ0) is 11.1. The second kappa shape index (κ2) is 4.64. The lowest BCUT2D eigenvalue weighted by Gasteiger charge is -1.96. The Hall–Kier alpha value is -1.10. The Labute approximate surface area is 110 Å². The fourth-order valence-electron chi connectivity index (χ4n) is 1.75. The van der Waals surface area contributed by atoms with Crippen LogP contribution in [-0.2, 0) is 0 Å². The fourth-order valence-corrected chi connectivity index (χ4v) is 2.85. The van der Waals surface area contributed by atoms with Crippen LogP contribution in [0.15, 0.2) is 30.5 Å². The Morgan fingerprint density at radius 2 is 2.18 bits per heavy atom. The highest BCUT2D eigenvalue weighted by Gasteiger charge is 2.37. The molecule has 0 amide bonds. The van der Waals surface area contributed by atoms with Crippen LogP contribution in [0.5, 0.6) is 5.75 Å². The van der Waals surface area contributed by atoms with Crippen molar-refractivity contribution < 1.29 is 5.11 Å². The predicted molar refractivity (Wildman–Crippen MR) is 71.8 cm³/mol. The van der Waals surface area contributed by atoms with Crippen molar-refractivity contribution in [3.05, 3.63) is 35.5 Å². The Kier molecular flexibility index (Phi) is 3.38. The van der Waals surface area contributed by atoms with E-state index in [4.69, 9.17) is 5.73 Å². The van der Waals surface area contributed by atoms with Gasteiger partial charge in [0.2, 0.25) is 0 Å². The minimum absolute atomic E-state index is 0. The average Bonchev–Trinajstić information content (AvgIpc) is 2.81. The average molecular weight is 269 g/mol. The largest absolute Gasteiger partial charge is 0.508 e. The molecule has 1 aromatic heterocycles. The Morgan fingerprint density at radius 3 is 2.82 bits per heavy atom. The van der Waals surface area contributed by atoms with E-state index in [2.05, 4.69) is 4.98 Å². The van der Waals surface area contributed by atoms with Crippen molar-refractivity contribution in [3.63, 3.8) is 0 Å². The molecule has 1 aliphatic carbocycles. The quantitative estimate of drug-likeness (QED) is 0.880. The molecule has 1 aromatic carbocycles. The zero-order valence-corrected chi connectivity index (χ0v) is 10.7. The fraction of sp³-hybridized carbons (Fsp3) is 0.250. The number of nitrogens with zero attached hydrogens (tertiary/aromatic N) is 1. The molecule has 0 bridgehead atoms. The minimum atomic E-state index is 0. The number of thiazole rings is 1. The molecule has 1 heterocycles. The summed E-state index contributed by atoms with van der Waals surface area (Å²) >= 11 is 1.67. The third-order valence-corrected chi connectivity index (χ3v) is 3.99. The lowest BCUT2D eigenvalue weighted by molar-refractivity contribution is 0.475. The molecule has 0 saturated heterocycles. The van der Waals surface area contributed by atoms with Crippen LogP contribution < -0.4 is 5.73 Å². The molecule has 3 N–H and O–H groups in total. The summed E-state index contributed by atoms with van der Waals surface area (Å²) in [6.07, 6.45) is 2.91. The van der Waals surface area contributed by atoms with Crippen molar-refractivity contribution in [3.8, 4) is 16.2 Å². The lowest BCUT2D eigenvalue weighted by atomic mass is 10.2. The molecule has 5 heteroatoms. The van der Waals surface area contributed by atoms with E-state index < -0.39 is 0 Å². The summed E-state index contributed by atoms with van der Waals surface area (Å²) in [5.74, 6) is 0.742. The summed E-state index contributed by atoms with van der Waals surface area (Å²) in [5.41, 5.74) is 6.81. The van der Waals surface area contributed by atoms with Crippen molar-refractivity contribution >= 4 is 23.7 Å². The number of phenolic OH excluding ortho intramolecular Hbond substituents is 1. The topological polar surface area (TPSA) is 59.1 Å². The summed E-state index contributed by atoms with van der Waals surface area (Å²) in [4.78, 5) is 5.48. The molecule has 90 valence electrons. The number of aromatic hydroxyl groups is 1. The molecule has 1 fully saturated rings. The summed E-state index contributed by atoms with van der Waals surface area (Å²) in [5, 5.41) is 10.5. The molecule has 17 heavy (non-hydrogen) atoms. The van der Waals surface area contributed by atoms with Crippen LogP contribution in [0.4, 0.5) is 0 Å². The Balaban J connectivity index is 0.00000108. The van der Waals surface area contributed by atoms with Gasteiger partial charge in [0.1, 0.15) is 5.75 Å². The number of halogens is 1. The second-order valence-corrected chi connectivity index (χ2v) is 5.18. The van der Waals surface area contributed by atoms with Crippen molar-refractivity contribution in [2.75, 3.05) is 0 Å². The van der Waals surface area contributed by atoms with E-state index in [1.54, 1.807) is 23.5 Å². The Bertz CT molecular complexity index is 529. The molecular formula is C12H13ClN2OS. The van der Waals surface area contributed by atoms with Gasteiger partial charge in [0.15, 0.2) is 0 Å². The van der Waals surface area contributed by atoms with Gasteiger partial charge in [0.05, 0.1) is 9.88 Å². The molecule has 1 aliphatic rings.